The molecule has 254 valence electrons. The van der Waals surface area contributed by atoms with Crippen LogP contribution >= 0.6 is 0 Å². The van der Waals surface area contributed by atoms with Crippen LogP contribution in [0.4, 0.5) is 0 Å². The average Bonchev–Trinajstić information content (AvgIpc) is 3.02. The van der Waals surface area contributed by atoms with Crippen LogP contribution < -0.4 is 21.7 Å². The van der Waals surface area contributed by atoms with Gasteiger partial charge in [-0.2, -0.15) is 0 Å². The predicted molar refractivity (Wildman–Crippen MR) is 181 cm³/mol. The number of rotatable bonds is 3. The molecule has 3 aliphatic heterocycles. The first-order chi connectivity index (χ1) is 22.0. The molecular formula is C38H58N4O4. The van der Waals surface area contributed by atoms with Crippen molar-refractivity contribution in [3.05, 3.63) is 34.9 Å². The van der Waals surface area contributed by atoms with Crippen molar-refractivity contribution in [3.63, 3.8) is 0 Å². The van der Waals surface area contributed by atoms with E-state index in [9.17, 15) is 20.1 Å². The van der Waals surface area contributed by atoms with Crippen LogP contribution in [0.5, 0.6) is 0 Å². The summed E-state index contributed by atoms with van der Waals surface area (Å²) >= 11 is 0. The predicted octanol–water partition coefficient (Wildman–Crippen LogP) is 3.84. The van der Waals surface area contributed by atoms with Crippen LogP contribution in [0.2, 0.25) is 0 Å². The van der Waals surface area contributed by atoms with Crippen molar-refractivity contribution in [2.45, 2.75) is 152 Å². The number of nitrogens with one attached hydrogen (secondary N) is 3. The molecule has 0 radical (unpaired) electrons. The van der Waals surface area contributed by atoms with Crippen LogP contribution in [0, 0.1) is 35.5 Å². The van der Waals surface area contributed by atoms with E-state index in [1.807, 2.05) is 0 Å². The molecule has 11 atom stereocenters. The second-order valence-electron chi connectivity index (χ2n) is 16.2. The minimum absolute atomic E-state index is 0.139. The van der Waals surface area contributed by atoms with Gasteiger partial charge in [0.2, 0.25) is 0 Å². The third-order valence-electron chi connectivity index (χ3n) is 12.5. The van der Waals surface area contributed by atoms with E-state index in [-0.39, 0.29) is 42.9 Å². The third-order valence-corrected chi connectivity index (χ3v) is 12.5. The molecule has 46 heavy (non-hydrogen) atoms. The third kappa shape index (κ3) is 8.17. The van der Waals surface area contributed by atoms with Gasteiger partial charge in [-0.25, -0.2) is 0 Å². The Balaban J connectivity index is 1.33. The Kier molecular flexibility index (Phi) is 10.5. The maximum atomic E-state index is 11.9. The fraction of sp³-hybridized carbons (Fsp3) is 0.763. The Hall–Kier alpha value is -1.99. The molecule has 0 spiro atoms. The molecule has 3 heterocycles. The summed E-state index contributed by atoms with van der Waals surface area (Å²) in [4.78, 5) is 11.9. The number of aliphatic carboxylic acids is 1. The molecular weight excluding hydrogens is 576 g/mol. The first-order valence-corrected chi connectivity index (χ1v) is 18.2. The summed E-state index contributed by atoms with van der Waals surface area (Å²) in [5, 5.41) is 42.9. The van der Waals surface area contributed by atoms with E-state index in [0.717, 1.165) is 57.8 Å². The standard InChI is InChI=1S/C38H58N4O4/c1-24-34(43)14-13-33(41-24)29-12-11-26-10-9-25-5-3-8-32-27(17-30(26)18-29)6-4-7-28(32)19-31-20-37(2,21-35(39)42-31)40-23-38(46,16-15-25)22-36(44)45/h4,6-7,24-26,29-31,33-35,40-43,46H,5,9-23,39H2,1-2H3,(H,44,45). The summed E-state index contributed by atoms with van der Waals surface area (Å²) in [5.41, 5.74) is 8.79. The Morgan fingerprint density at radius 2 is 1.76 bits per heavy atom. The van der Waals surface area contributed by atoms with Crippen LogP contribution in [0.25, 0.3) is 0 Å². The SMILES string of the molecule is CC1NC(C2CCC3CCC4CC#Cc5c(cccc5CC3C2)CC2CC(C)(CC(N)N2)NCC(O)(CC(=O)O)CC4)CCC1O. The van der Waals surface area contributed by atoms with Gasteiger partial charge in [0.15, 0.2) is 0 Å². The Bertz CT molecular complexity index is 1290. The van der Waals surface area contributed by atoms with E-state index in [4.69, 9.17) is 5.73 Å². The highest BCUT2D eigenvalue weighted by atomic mass is 16.4. The summed E-state index contributed by atoms with van der Waals surface area (Å²) in [5.74, 6) is 8.47. The van der Waals surface area contributed by atoms with Gasteiger partial charge in [0.05, 0.1) is 24.3 Å². The summed E-state index contributed by atoms with van der Waals surface area (Å²) in [6.45, 7) is 4.53. The normalized spacial score (nSPS) is 42.0. The lowest BCUT2D eigenvalue weighted by Gasteiger charge is -2.45. The number of fused-ring (bicyclic) bond motifs is 5. The molecule has 2 saturated heterocycles. The quantitative estimate of drug-likeness (QED) is 0.249. The van der Waals surface area contributed by atoms with E-state index >= 15 is 0 Å². The molecule has 8 heteroatoms. The Labute approximate surface area is 276 Å². The molecule has 4 bridgehead atoms. The topological polar surface area (TPSA) is 140 Å². The second-order valence-corrected chi connectivity index (χ2v) is 16.2. The Morgan fingerprint density at radius 3 is 2.54 bits per heavy atom. The highest BCUT2D eigenvalue weighted by Crippen LogP contribution is 2.43. The molecule has 11 unspecified atom stereocenters. The van der Waals surface area contributed by atoms with Gasteiger partial charge in [-0.15, -0.1) is 0 Å². The van der Waals surface area contributed by atoms with Gasteiger partial charge in [0.25, 0.3) is 0 Å². The molecule has 6 rings (SSSR count). The lowest BCUT2D eigenvalue weighted by molar-refractivity contribution is -0.143. The van der Waals surface area contributed by atoms with Crippen LogP contribution in [0.15, 0.2) is 18.2 Å². The number of β-amino-alcohol motifs (C(OH)–C–C–N with tert-alkyl or cyclic N) is 1. The molecule has 2 aliphatic carbocycles. The number of nitrogens with two attached hydrogens (primary N) is 1. The number of carbonyl (C=O) groups is 1. The molecule has 1 saturated carbocycles. The van der Waals surface area contributed by atoms with Gasteiger partial charge in [-0.3, -0.25) is 10.1 Å². The zero-order valence-corrected chi connectivity index (χ0v) is 28.1. The van der Waals surface area contributed by atoms with Crippen molar-refractivity contribution in [2.24, 2.45) is 29.4 Å². The highest BCUT2D eigenvalue weighted by molar-refractivity contribution is 5.68. The molecule has 8 nitrogen and oxygen atoms in total. The zero-order valence-electron chi connectivity index (χ0n) is 28.1. The largest absolute Gasteiger partial charge is 0.481 e. The minimum atomic E-state index is -1.33. The number of aliphatic hydroxyl groups is 2. The molecule has 1 aromatic carbocycles. The first kappa shape index (κ1) is 33.9. The minimum Gasteiger partial charge on any atom is -0.481 e. The molecule has 5 aliphatic rings. The molecule has 0 amide bonds. The molecule has 8 N–H and O–H groups in total. The fourth-order valence-corrected chi connectivity index (χ4v) is 9.83. The van der Waals surface area contributed by atoms with E-state index < -0.39 is 11.6 Å². The monoisotopic (exact) mass is 634 g/mol. The van der Waals surface area contributed by atoms with Gasteiger partial charge in [0.1, 0.15) is 0 Å². The number of piperidine rings is 2. The van der Waals surface area contributed by atoms with Crippen molar-refractivity contribution in [1.29, 1.82) is 0 Å². The van der Waals surface area contributed by atoms with Gasteiger partial charge in [-0.1, -0.05) is 30.0 Å². The van der Waals surface area contributed by atoms with Crippen LogP contribution in [-0.4, -0.2) is 69.4 Å². The molecule has 0 aromatic heterocycles. The molecule has 3 fully saturated rings. The van der Waals surface area contributed by atoms with Gasteiger partial charge in [0, 0.05) is 42.2 Å². The molecule has 1 aromatic rings. The Morgan fingerprint density at radius 1 is 1.00 bits per heavy atom. The van der Waals surface area contributed by atoms with Crippen molar-refractivity contribution in [2.75, 3.05) is 6.54 Å². The van der Waals surface area contributed by atoms with Gasteiger partial charge < -0.3 is 31.7 Å². The van der Waals surface area contributed by atoms with E-state index in [1.54, 1.807) is 0 Å². The number of carboxylic acids is 1. The number of carboxylic acid groups (broad SMARTS) is 1. The van der Waals surface area contributed by atoms with E-state index in [0.29, 0.717) is 42.6 Å². The number of aliphatic hydroxyl groups excluding tert-OH is 1. The number of hydrogen-bond donors (Lipinski definition) is 7. The van der Waals surface area contributed by atoms with Crippen LogP contribution in [0.1, 0.15) is 114 Å². The average molecular weight is 635 g/mol. The van der Waals surface area contributed by atoms with Gasteiger partial charge >= 0.3 is 5.97 Å². The lowest BCUT2D eigenvalue weighted by Crippen LogP contribution is -2.63. The van der Waals surface area contributed by atoms with Crippen molar-refractivity contribution in [3.8, 4) is 11.8 Å². The fourth-order valence-electron chi connectivity index (χ4n) is 9.83. The summed E-state index contributed by atoms with van der Waals surface area (Å²) < 4.78 is 0. The van der Waals surface area contributed by atoms with E-state index in [2.05, 4.69) is 59.8 Å². The zero-order chi connectivity index (χ0) is 32.5. The smallest absolute Gasteiger partial charge is 0.306 e. The maximum absolute atomic E-state index is 11.9. The van der Waals surface area contributed by atoms with Crippen molar-refractivity contribution >= 4 is 5.97 Å². The lowest BCUT2D eigenvalue weighted by atomic mass is 9.66. The van der Waals surface area contributed by atoms with Gasteiger partial charge in [-0.05, 0) is 132 Å². The highest BCUT2D eigenvalue weighted by Gasteiger charge is 2.41. The summed E-state index contributed by atoms with van der Waals surface area (Å²) in [7, 11) is 0. The number of hydrogen-bond acceptors (Lipinski definition) is 7. The number of benzene rings is 1. The summed E-state index contributed by atoms with van der Waals surface area (Å²) in [6.07, 6.45) is 12.5. The first-order valence-electron chi connectivity index (χ1n) is 18.2. The van der Waals surface area contributed by atoms with Crippen molar-refractivity contribution < 1.29 is 20.1 Å². The maximum Gasteiger partial charge on any atom is 0.306 e. The van der Waals surface area contributed by atoms with Crippen molar-refractivity contribution in [1.82, 2.24) is 16.0 Å². The summed E-state index contributed by atoms with van der Waals surface area (Å²) in [6, 6.07) is 7.54. The second kappa shape index (κ2) is 14.2. The van der Waals surface area contributed by atoms with E-state index in [1.165, 1.54) is 36.0 Å². The van der Waals surface area contributed by atoms with Crippen LogP contribution in [0.3, 0.4) is 0 Å². The van der Waals surface area contributed by atoms with Crippen LogP contribution in [-0.2, 0) is 17.6 Å².